The predicted molar refractivity (Wildman–Crippen MR) is 150 cm³/mol. The van der Waals surface area contributed by atoms with Gasteiger partial charge in [0, 0.05) is 43.8 Å². The van der Waals surface area contributed by atoms with Crippen LogP contribution in [0.3, 0.4) is 0 Å². The molecule has 1 aliphatic rings. The van der Waals surface area contributed by atoms with E-state index in [-0.39, 0.29) is 59.3 Å². The first-order valence-corrected chi connectivity index (χ1v) is 14.0. The van der Waals surface area contributed by atoms with Crippen LogP contribution in [0, 0.1) is 24.4 Å². The van der Waals surface area contributed by atoms with Crippen molar-refractivity contribution in [3.05, 3.63) is 99.6 Å². The Hall–Kier alpha value is -4.85. The molecule has 0 amide bonds. The fourth-order valence-corrected chi connectivity index (χ4v) is 5.67. The summed E-state index contributed by atoms with van der Waals surface area (Å²) in [4.78, 5) is 27.7. The van der Waals surface area contributed by atoms with Crippen molar-refractivity contribution < 1.29 is 31.5 Å². The normalized spacial score (nSPS) is 14.4. The van der Waals surface area contributed by atoms with E-state index in [1.165, 1.54) is 23.1 Å². The molecule has 3 aromatic carbocycles. The van der Waals surface area contributed by atoms with E-state index in [1.54, 1.807) is 17.0 Å². The van der Waals surface area contributed by atoms with Crippen LogP contribution >= 0.6 is 0 Å². The van der Waals surface area contributed by atoms with Gasteiger partial charge in [-0.1, -0.05) is 17.7 Å². The number of benzene rings is 3. The molecular formula is C28H24F3N5O5S. The van der Waals surface area contributed by atoms with Gasteiger partial charge in [-0.2, -0.15) is 8.42 Å². The van der Waals surface area contributed by atoms with Gasteiger partial charge in [-0.25, -0.2) is 18.0 Å². The number of fused-ring (bicyclic) bond motifs is 1. The van der Waals surface area contributed by atoms with Crippen molar-refractivity contribution in [3.8, 4) is 5.69 Å². The number of sulfonamides is 1. The molecule has 4 aromatic rings. The van der Waals surface area contributed by atoms with Gasteiger partial charge in [0.25, 0.3) is 10.0 Å². The number of aryl methyl sites for hydroxylation is 1. The standard InChI is InChI=1S/C28H24F3N5O5S/c1-16-2-5-18(6-3-16)42(40,41)33-28(32)35-10-8-34(9-11-35)25-14-24-19(13-22(25)31)26(37)20(27(38)39)15-36(24)23-7-4-17(29)12-21(23)30/h2-7,12-15H,8-11H2,1H3,(H2,32,33)(H,38,39). The van der Waals surface area contributed by atoms with Crippen LogP contribution in [0.2, 0.25) is 0 Å². The van der Waals surface area contributed by atoms with Crippen molar-refractivity contribution in [1.29, 1.82) is 0 Å². The Kier molecular flexibility index (Phi) is 7.41. The number of aromatic carboxylic acids is 1. The molecule has 1 aliphatic heterocycles. The van der Waals surface area contributed by atoms with E-state index < -0.39 is 44.4 Å². The highest BCUT2D eigenvalue weighted by atomic mass is 32.2. The van der Waals surface area contributed by atoms with Crippen molar-refractivity contribution >= 4 is 38.5 Å². The number of nitrogens with two attached hydrogens (primary N) is 1. The first kappa shape index (κ1) is 28.7. The molecule has 1 aromatic heterocycles. The summed E-state index contributed by atoms with van der Waals surface area (Å²) in [6, 6.07) is 11.0. The Morgan fingerprint density at radius 1 is 0.929 bits per heavy atom. The monoisotopic (exact) mass is 599 g/mol. The Labute approximate surface area is 237 Å². The molecule has 0 bridgehead atoms. The summed E-state index contributed by atoms with van der Waals surface area (Å²) in [5, 5.41) is 9.21. The summed E-state index contributed by atoms with van der Waals surface area (Å²) >= 11 is 0. The average molecular weight is 600 g/mol. The van der Waals surface area contributed by atoms with Crippen LogP contribution in [0.5, 0.6) is 0 Å². The number of anilines is 1. The van der Waals surface area contributed by atoms with E-state index in [0.717, 1.165) is 34.5 Å². The SMILES string of the molecule is Cc1ccc(S(=O)(=O)/N=C(\N)N2CCN(c3cc4c(cc3F)c(=O)c(C(=O)O)cn4-c3ccc(F)cc3F)CC2)cc1. The number of nitrogens with zero attached hydrogens (tertiary/aromatic N) is 4. The summed E-state index contributed by atoms with van der Waals surface area (Å²) in [5.74, 6) is -4.53. The highest BCUT2D eigenvalue weighted by Crippen LogP contribution is 2.29. The Bertz CT molecular complexity index is 1920. The fraction of sp³-hybridized carbons (Fsp3) is 0.179. The number of halogens is 3. The molecule has 14 heteroatoms. The highest BCUT2D eigenvalue weighted by Gasteiger charge is 2.25. The van der Waals surface area contributed by atoms with Crippen LogP contribution in [-0.2, 0) is 10.0 Å². The van der Waals surface area contributed by atoms with Gasteiger partial charge in [0.1, 0.15) is 23.0 Å². The lowest BCUT2D eigenvalue weighted by atomic mass is 10.1. The predicted octanol–water partition coefficient (Wildman–Crippen LogP) is 3.24. The first-order valence-electron chi connectivity index (χ1n) is 12.6. The van der Waals surface area contributed by atoms with E-state index in [9.17, 15) is 31.9 Å². The van der Waals surface area contributed by atoms with Crippen molar-refractivity contribution in [1.82, 2.24) is 9.47 Å². The third-order valence-corrected chi connectivity index (χ3v) is 8.24. The van der Waals surface area contributed by atoms with Crippen LogP contribution in [0.1, 0.15) is 15.9 Å². The molecule has 0 aliphatic carbocycles. The zero-order valence-electron chi connectivity index (χ0n) is 22.1. The van der Waals surface area contributed by atoms with E-state index >= 15 is 4.39 Å². The maximum absolute atomic E-state index is 15.4. The number of guanidine groups is 1. The number of piperazine rings is 1. The number of carbonyl (C=O) groups is 1. The Morgan fingerprint density at radius 2 is 1.57 bits per heavy atom. The molecule has 1 saturated heterocycles. The van der Waals surface area contributed by atoms with Gasteiger partial charge in [-0.15, -0.1) is 4.40 Å². The lowest BCUT2D eigenvalue weighted by Crippen LogP contribution is -2.51. The van der Waals surface area contributed by atoms with Crippen LogP contribution < -0.4 is 16.1 Å². The summed E-state index contributed by atoms with van der Waals surface area (Å²) in [6.45, 7) is 2.51. The van der Waals surface area contributed by atoms with Gasteiger partial charge < -0.3 is 25.2 Å². The molecule has 3 N–H and O–H groups in total. The number of aromatic nitrogens is 1. The van der Waals surface area contributed by atoms with E-state index in [0.29, 0.717) is 6.07 Å². The van der Waals surface area contributed by atoms with E-state index in [4.69, 9.17) is 5.73 Å². The Morgan fingerprint density at radius 3 is 2.19 bits per heavy atom. The fourth-order valence-electron chi connectivity index (χ4n) is 4.73. The van der Waals surface area contributed by atoms with Gasteiger partial charge in [0.05, 0.1) is 21.8 Å². The molecule has 5 rings (SSSR count). The summed E-state index contributed by atoms with van der Waals surface area (Å²) < 4.78 is 73.8. The minimum Gasteiger partial charge on any atom is -0.477 e. The molecule has 42 heavy (non-hydrogen) atoms. The van der Waals surface area contributed by atoms with Gasteiger partial charge in [0.2, 0.25) is 11.4 Å². The number of carboxylic acid groups (broad SMARTS) is 1. The third kappa shape index (κ3) is 5.40. The van der Waals surface area contributed by atoms with E-state index in [1.807, 2.05) is 6.92 Å². The van der Waals surface area contributed by atoms with Gasteiger partial charge >= 0.3 is 5.97 Å². The molecule has 0 saturated carbocycles. The quantitative estimate of drug-likeness (QED) is 0.264. The molecule has 218 valence electrons. The molecule has 2 heterocycles. The van der Waals surface area contributed by atoms with Crippen LogP contribution in [0.4, 0.5) is 18.9 Å². The summed E-state index contributed by atoms with van der Waals surface area (Å²) in [5.41, 5.74) is 4.99. The lowest BCUT2D eigenvalue weighted by molar-refractivity contribution is 0.0695. The number of hydrogen-bond donors (Lipinski definition) is 2. The molecule has 0 atom stereocenters. The minimum atomic E-state index is -4.05. The van der Waals surface area contributed by atoms with Crippen LogP contribution in [0.25, 0.3) is 16.6 Å². The van der Waals surface area contributed by atoms with Gasteiger partial charge in [0.15, 0.2) is 0 Å². The number of carboxylic acids is 1. The third-order valence-electron chi connectivity index (χ3n) is 6.95. The maximum Gasteiger partial charge on any atom is 0.341 e. The number of pyridine rings is 1. The Balaban J connectivity index is 1.48. The minimum absolute atomic E-state index is 0.000365. The molecule has 1 fully saturated rings. The van der Waals surface area contributed by atoms with Gasteiger partial charge in [-0.05, 0) is 43.3 Å². The van der Waals surface area contributed by atoms with Crippen molar-refractivity contribution in [2.24, 2.45) is 10.1 Å². The maximum atomic E-state index is 15.4. The molecule has 0 radical (unpaired) electrons. The average Bonchev–Trinajstić information content (AvgIpc) is 2.93. The van der Waals surface area contributed by atoms with Crippen molar-refractivity contribution in [2.75, 3.05) is 31.1 Å². The van der Waals surface area contributed by atoms with Gasteiger partial charge in [-0.3, -0.25) is 4.79 Å². The van der Waals surface area contributed by atoms with Crippen molar-refractivity contribution in [2.45, 2.75) is 11.8 Å². The second-order valence-corrected chi connectivity index (χ2v) is 11.3. The smallest absolute Gasteiger partial charge is 0.341 e. The molecule has 0 unspecified atom stereocenters. The molecule has 10 nitrogen and oxygen atoms in total. The lowest BCUT2D eigenvalue weighted by Gasteiger charge is -2.36. The largest absolute Gasteiger partial charge is 0.477 e. The number of rotatable bonds is 5. The summed E-state index contributed by atoms with van der Waals surface area (Å²) in [6.07, 6.45) is 0.911. The highest BCUT2D eigenvalue weighted by molar-refractivity contribution is 7.90. The van der Waals surface area contributed by atoms with Crippen molar-refractivity contribution in [3.63, 3.8) is 0 Å². The van der Waals surface area contributed by atoms with E-state index in [2.05, 4.69) is 4.40 Å². The first-order chi connectivity index (χ1) is 19.9. The number of hydrogen-bond acceptors (Lipinski definition) is 5. The zero-order valence-corrected chi connectivity index (χ0v) is 22.9. The second kappa shape index (κ2) is 10.9. The van der Waals surface area contributed by atoms with Crippen LogP contribution in [0.15, 0.2) is 74.9 Å². The topological polar surface area (TPSA) is 138 Å². The second-order valence-electron chi connectivity index (χ2n) is 9.68. The zero-order chi connectivity index (χ0) is 30.3. The summed E-state index contributed by atoms with van der Waals surface area (Å²) in [7, 11) is -4.05. The van der Waals surface area contributed by atoms with Crippen LogP contribution in [-0.4, -0.2) is 61.1 Å². The molecule has 0 spiro atoms. The molecular weight excluding hydrogens is 575 g/mol.